The van der Waals surface area contributed by atoms with Gasteiger partial charge in [0.1, 0.15) is 0 Å². The lowest BCUT2D eigenvalue weighted by Gasteiger charge is -2.38. The zero-order chi connectivity index (χ0) is 11.9. The molecule has 0 saturated carbocycles. The molecule has 0 N–H and O–H groups in total. The van der Waals surface area contributed by atoms with E-state index in [4.69, 9.17) is 9.31 Å². The van der Waals surface area contributed by atoms with Crippen LogP contribution in [0.5, 0.6) is 0 Å². The first kappa shape index (κ1) is 12.6. The third-order valence-electron chi connectivity index (χ3n) is 2.21. The van der Waals surface area contributed by atoms with Gasteiger partial charge in [-0.2, -0.15) is 13.2 Å². The summed E-state index contributed by atoms with van der Waals surface area (Å²) in [5, 5.41) is 0. The van der Waals surface area contributed by atoms with E-state index in [0.29, 0.717) is 6.42 Å². The highest BCUT2D eigenvalue weighted by molar-refractivity contribution is 6.54. The van der Waals surface area contributed by atoms with E-state index >= 15 is 0 Å². The van der Waals surface area contributed by atoms with Gasteiger partial charge in [0.15, 0.2) is 0 Å². The van der Waals surface area contributed by atoms with Crippen molar-refractivity contribution in [2.45, 2.75) is 45.1 Å². The molecule has 0 aromatic rings. The van der Waals surface area contributed by atoms with Crippen molar-refractivity contribution in [1.82, 2.24) is 0 Å². The molecule has 0 aliphatic carbocycles. The average Bonchev–Trinajstić information content (AvgIpc) is 1.97. The lowest BCUT2D eigenvalue weighted by atomic mass is 9.74. The fraction of sp³-hybridized carbons (Fsp3) is 0.778. The summed E-state index contributed by atoms with van der Waals surface area (Å²) in [6.07, 6.45) is -4.18. The predicted molar refractivity (Wildman–Crippen MR) is 51.3 cm³/mol. The Morgan fingerprint density at radius 1 is 1.47 bits per heavy atom. The van der Waals surface area contributed by atoms with E-state index < -0.39 is 24.4 Å². The monoisotopic (exact) mass is 222 g/mol. The SMILES string of the molecule is C=C(B1O[C@H](C)CC(C)(C)O1)C(F)(F)F. The summed E-state index contributed by atoms with van der Waals surface area (Å²) in [6.45, 7) is 8.18. The summed E-state index contributed by atoms with van der Waals surface area (Å²) >= 11 is 0. The predicted octanol–water partition coefficient (Wildman–Crippen LogP) is 2.74. The van der Waals surface area contributed by atoms with Crippen molar-refractivity contribution in [1.29, 1.82) is 0 Å². The van der Waals surface area contributed by atoms with Gasteiger partial charge >= 0.3 is 13.3 Å². The molecule has 6 heteroatoms. The summed E-state index contributed by atoms with van der Waals surface area (Å²) in [6, 6.07) is 0. The lowest BCUT2D eigenvalue weighted by molar-refractivity contribution is -0.0958. The molecule has 1 saturated heterocycles. The van der Waals surface area contributed by atoms with E-state index in [2.05, 4.69) is 6.58 Å². The first-order valence-corrected chi connectivity index (χ1v) is 4.71. The molecule has 2 nitrogen and oxygen atoms in total. The maximum absolute atomic E-state index is 12.4. The minimum Gasteiger partial charge on any atom is -0.405 e. The number of alkyl halides is 3. The van der Waals surface area contributed by atoms with E-state index in [-0.39, 0.29) is 6.10 Å². The summed E-state index contributed by atoms with van der Waals surface area (Å²) < 4.78 is 47.3. The summed E-state index contributed by atoms with van der Waals surface area (Å²) in [5.74, 6) is 0. The van der Waals surface area contributed by atoms with Crippen LogP contribution in [0.3, 0.4) is 0 Å². The molecule has 0 bridgehead atoms. The molecule has 1 aliphatic rings. The van der Waals surface area contributed by atoms with Gasteiger partial charge in [-0.15, -0.1) is 0 Å². The van der Waals surface area contributed by atoms with Crippen LogP contribution < -0.4 is 0 Å². The zero-order valence-electron chi connectivity index (χ0n) is 9.02. The molecule has 0 aromatic carbocycles. The van der Waals surface area contributed by atoms with Crippen molar-refractivity contribution >= 4 is 7.12 Å². The molecule has 1 rings (SSSR count). The van der Waals surface area contributed by atoms with Crippen LogP contribution in [0.4, 0.5) is 13.2 Å². The van der Waals surface area contributed by atoms with Crippen LogP contribution in [0.2, 0.25) is 0 Å². The van der Waals surface area contributed by atoms with Gasteiger partial charge in [-0.05, 0) is 27.2 Å². The minimum absolute atomic E-state index is 0.266. The van der Waals surface area contributed by atoms with Gasteiger partial charge in [-0.25, -0.2) is 0 Å². The second-order valence-corrected chi connectivity index (χ2v) is 4.38. The van der Waals surface area contributed by atoms with Gasteiger partial charge < -0.3 is 9.31 Å². The Balaban J connectivity index is 2.75. The van der Waals surface area contributed by atoms with Crippen molar-refractivity contribution in [3.05, 3.63) is 12.1 Å². The van der Waals surface area contributed by atoms with E-state index in [1.165, 1.54) is 0 Å². The van der Waals surface area contributed by atoms with Gasteiger partial charge in [-0.3, -0.25) is 0 Å². The molecule has 15 heavy (non-hydrogen) atoms. The summed E-state index contributed by atoms with van der Waals surface area (Å²) in [5.41, 5.74) is -1.60. The van der Waals surface area contributed by atoms with Crippen LogP contribution >= 0.6 is 0 Å². The second kappa shape index (κ2) is 3.83. The molecule has 0 spiro atoms. The number of halogens is 3. The van der Waals surface area contributed by atoms with Crippen LogP contribution in [0.25, 0.3) is 0 Å². The Kier molecular flexibility index (Phi) is 3.21. The van der Waals surface area contributed by atoms with Crippen molar-refractivity contribution in [3.8, 4) is 0 Å². The van der Waals surface area contributed by atoms with Gasteiger partial charge in [-0.1, -0.05) is 6.58 Å². The van der Waals surface area contributed by atoms with Crippen LogP contribution in [0, 0.1) is 0 Å². The molecular weight excluding hydrogens is 208 g/mol. The quantitative estimate of drug-likeness (QED) is 0.635. The third-order valence-corrected chi connectivity index (χ3v) is 2.21. The van der Waals surface area contributed by atoms with Crippen molar-refractivity contribution in [3.63, 3.8) is 0 Å². The van der Waals surface area contributed by atoms with Crippen LogP contribution in [0.15, 0.2) is 12.1 Å². The van der Waals surface area contributed by atoms with Crippen molar-refractivity contribution in [2.24, 2.45) is 0 Å². The number of hydrogen-bond donors (Lipinski definition) is 0. The van der Waals surface area contributed by atoms with E-state index in [1.54, 1.807) is 20.8 Å². The molecule has 0 unspecified atom stereocenters. The maximum Gasteiger partial charge on any atom is 0.498 e. The van der Waals surface area contributed by atoms with Crippen LogP contribution in [0.1, 0.15) is 27.2 Å². The molecule has 86 valence electrons. The topological polar surface area (TPSA) is 18.5 Å². The van der Waals surface area contributed by atoms with Gasteiger partial charge in [0.05, 0.1) is 11.1 Å². The van der Waals surface area contributed by atoms with Crippen LogP contribution in [-0.4, -0.2) is 25.0 Å². The van der Waals surface area contributed by atoms with Gasteiger partial charge in [0, 0.05) is 6.10 Å². The number of rotatable bonds is 1. The van der Waals surface area contributed by atoms with Gasteiger partial charge in [0.2, 0.25) is 0 Å². The van der Waals surface area contributed by atoms with Gasteiger partial charge in [0.25, 0.3) is 0 Å². The minimum atomic E-state index is -4.47. The van der Waals surface area contributed by atoms with Crippen LogP contribution in [-0.2, 0) is 9.31 Å². The first-order valence-electron chi connectivity index (χ1n) is 4.71. The highest BCUT2D eigenvalue weighted by Gasteiger charge is 2.48. The fourth-order valence-electron chi connectivity index (χ4n) is 1.60. The Bertz CT molecular complexity index is 263. The highest BCUT2D eigenvalue weighted by Crippen LogP contribution is 2.33. The standard InChI is InChI=1S/C9H14BF3O2/c1-6-5-8(3,4)15-10(14-6)7(2)9(11,12)13/h6H,2,5H2,1,3-4H3/t6-/m1/s1. The second-order valence-electron chi connectivity index (χ2n) is 4.38. The molecule has 1 atom stereocenters. The summed E-state index contributed by atoms with van der Waals surface area (Å²) in [4.78, 5) is 0. The van der Waals surface area contributed by atoms with Crippen molar-refractivity contribution < 1.29 is 22.5 Å². The van der Waals surface area contributed by atoms with E-state index in [1.807, 2.05) is 0 Å². The maximum atomic E-state index is 12.4. The molecule has 1 heterocycles. The lowest BCUT2D eigenvalue weighted by Crippen LogP contribution is -2.48. The van der Waals surface area contributed by atoms with E-state index in [0.717, 1.165) is 0 Å². The normalized spacial score (nSPS) is 26.5. The zero-order valence-corrected chi connectivity index (χ0v) is 9.02. The number of hydrogen-bond acceptors (Lipinski definition) is 2. The Morgan fingerprint density at radius 2 is 2.00 bits per heavy atom. The first-order chi connectivity index (χ1) is 6.62. The number of allylic oxidation sites excluding steroid dienone is 1. The van der Waals surface area contributed by atoms with Crippen molar-refractivity contribution in [2.75, 3.05) is 0 Å². The van der Waals surface area contributed by atoms with E-state index in [9.17, 15) is 13.2 Å². The third kappa shape index (κ3) is 3.24. The molecular formula is C9H14BF3O2. The molecule has 0 aromatic heterocycles. The fourth-order valence-corrected chi connectivity index (χ4v) is 1.60. The molecule has 0 radical (unpaired) electrons. The Hall–Kier alpha value is -0.485. The largest absolute Gasteiger partial charge is 0.498 e. The Labute approximate surface area is 87.6 Å². The smallest absolute Gasteiger partial charge is 0.405 e. The average molecular weight is 222 g/mol. The summed E-state index contributed by atoms with van der Waals surface area (Å²) in [7, 11) is -1.39. The molecule has 1 fully saturated rings. The Morgan fingerprint density at radius 3 is 2.40 bits per heavy atom. The molecule has 0 amide bonds. The highest BCUT2D eigenvalue weighted by atomic mass is 19.4. The molecule has 1 aliphatic heterocycles.